The number of hydrogen-bond donors (Lipinski definition) is 1. The number of likely N-dealkylation sites (tertiary alicyclic amines) is 1. The zero-order valence-electron chi connectivity index (χ0n) is 17.0. The smallest absolute Gasteiger partial charge is 0.341 e. The van der Waals surface area contributed by atoms with Crippen molar-refractivity contribution >= 4 is 17.8 Å². The minimum absolute atomic E-state index is 0.0136. The van der Waals surface area contributed by atoms with Gasteiger partial charge in [-0.25, -0.2) is 4.79 Å². The summed E-state index contributed by atoms with van der Waals surface area (Å²) in [4.78, 5) is 42.8. The van der Waals surface area contributed by atoms with Gasteiger partial charge < -0.3 is 15.1 Å². The molecule has 31 heavy (non-hydrogen) atoms. The molecule has 0 bridgehead atoms. The number of carbonyl (C=O) groups is 3. The number of alkyl halides is 3. The summed E-state index contributed by atoms with van der Waals surface area (Å²) in [6.07, 6.45) is -2.82. The van der Waals surface area contributed by atoms with Crippen molar-refractivity contribution in [1.82, 2.24) is 20.0 Å². The Morgan fingerprint density at radius 1 is 1.16 bits per heavy atom. The van der Waals surface area contributed by atoms with Crippen molar-refractivity contribution in [3.63, 3.8) is 0 Å². The van der Waals surface area contributed by atoms with Crippen LogP contribution in [0.4, 0.5) is 18.0 Å². The van der Waals surface area contributed by atoms with E-state index in [2.05, 4.69) is 5.32 Å². The van der Waals surface area contributed by atoms with Gasteiger partial charge in [0, 0.05) is 19.6 Å². The average molecular weight is 436 g/mol. The van der Waals surface area contributed by atoms with Gasteiger partial charge in [0.1, 0.15) is 6.54 Å². The zero-order valence-corrected chi connectivity index (χ0v) is 17.0. The quantitative estimate of drug-likeness (QED) is 0.789. The van der Waals surface area contributed by atoms with Gasteiger partial charge in [-0.2, -0.15) is 13.2 Å². The Balaban J connectivity index is 1.69. The van der Waals surface area contributed by atoms with Crippen LogP contribution in [0.25, 0.3) is 0 Å². The molecule has 7 nitrogen and oxygen atoms in total. The van der Waals surface area contributed by atoms with Crippen molar-refractivity contribution in [3.05, 3.63) is 46.7 Å². The summed E-state index contributed by atoms with van der Waals surface area (Å²) in [5.74, 6) is -0.719. The van der Waals surface area contributed by atoms with Gasteiger partial charge in [-0.3, -0.25) is 14.5 Å². The van der Waals surface area contributed by atoms with Gasteiger partial charge >= 0.3 is 12.2 Å². The van der Waals surface area contributed by atoms with E-state index in [1.165, 1.54) is 28.0 Å². The molecule has 1 aromatic carbocycles. The third-order valence-corrected chi connectivity index (χ3v) is 5.97. The fourth-order valence-corrected chi connectivity index (χ4v) is 4.48. The SMILES string of the molecule is CCN1C(=O)N[C@H](c2ccccc2C(F)(F)F)C2=C1CN(CC(=O)N1CCCC1)C2=O. The molecule has 10 heteroatoms. The third kappa shape index (κ3) is 3.75. The first-order valence-electron chi connectivity index (χ1n) is 10.3. The van der Waals surface area contributed by atoms with E-state index in [4.69, 9.17) is 0 Å². The van der Waals surface area contributed by atoms with Crippen LogP contribution in [-0.4, -0.2) is 65.3 Å². The Kier molecular flexibility index (Phi) is 5.40. The van der Waals surface area contributed by atoms with Crippen molar-refractivity contribution in [2.75, 3.05) is 32.7 Å². The molecule has 3 aliphatic heterocycles. The van der Waals surface area contributed by atoms with E-state index < -0.39 is 29.7 Å². The molecule has 1 fully saturated rings. The first kappa shape index (κ1) is 21.2. The number of benzene rings is 1. The van der Waals surface area contributed by atoms with E-state index in [-0.39, 0.29) is 36.7 Å². The summed E-state index contributed by atoms with van der Waals surface area (Å²) in [6.45, 7) is 3.09. The lowest BCUT2D eigenvalue weighted by Gasteiger charge is -2.33. The lowest BCUT2D eigenvalue weighted by Crippen LogP contribution is -2.47. The largest absolute Gasteiger partial charge is 0.416 e. The maximum Gasteiger partial charge on any atom is 0.416 e. The molecule has 3 aliphatic rings. The van der Waals surface area contributed by atoms with Crippen molar-refractivity contribution in [2.24, 2.45) is 0 Å². The van der Waals surface area contributed by atoms with Gasteiger partial charge in [0.05, 0.1) is 29.4 Å². The highest BCUT2D eigenvalue weighted by Crippen LogP contribution is 2.41. The van der Waals surface area contributed by atoms with Crippen molar-refractivity contribution in [3.8, 4) is 0 Å². The van der Waals surface area contributed by atoms with E-state index in [1.54, 1.807) is 11.8 Å². The third-order valence-electron chi connectivity index (χ3n) is 5.97. The predicted molar refractivity (Wildman–Crippen MR) is 105 cm³/mol. The topological polar surface area (TPSA) is 73.0 Å². The Hall–Kier alpha value is -3.04. The van der Waals surface area contributed by atoms with Gasteiger partial charge in [0.2, 0.25) is 5.91 Å². The number of hydrogen-bond acceptors (Lipinski definition) is 3. The van der Waals surface area contributed by atoms with Crippen molar-refractivity contribution in [2.45, 2.75) is 32.0 Å². The minimum atomic E-state index is -4.64. The average Bonchev–Trinajstić information content (AvgIpc) is 3.36. The van der Waals surface area contributed by atoms with Crippen molar-refractivity contribution < 1.29 is 27.6 Å². The molecular weight excluding hydrogens is 413 g/mol. The van der Waals surface area contributed by atoms with E-state index in [9.17, 15) is 27.6 Å². The molecule has 1 aromatic rings. The number of amides is 4. The zero-order chi connectivity index (χ0) is 22.3. The molecule has 0 radical (unpaired) electrons. The highest BCUT2D eigenvalue weighted by molar-refractivity contribution is 6.03. The fraction of sp³-hybridized carbons (Fsp3) is 0.476. The number of halogens is 3. The second kappa shape index (κ2) is 7.90. The number of likely N-dealkylation sites (N-methyl/N-ethyl adjacent to an activating group) is 1. The molecule has 0 aliphatic carbocycles. The fourth-order valence-electron chi connectivity index (χ4n) is 4.48. The normalized spacial score (nSPS) is 21.7. The Morgan fingerprint density at radius 2 is 1.84 bits per heavy atom. The summed E-state index contributed by atoms with van der Waals surface area (Å²) in [5.41, 5.74) is -0.649. The molecule has 0 unspecified atom stereocenters. The van der Waals surface area contributed by atoms with E-state index in [1.807, 2.05) is 0 Å². The number of urea groups is 1. The van der Waals surface area contributed by atoms with Crippen LogP contribution in [-0.2, 0) is 15.8 Å². The summed E-state index contributed by atoms with van der Waals surface area (Å²) in [7, 11) is 0. The van der Waals surface area contributed by atoms with E-state index in [0.717, 1.165) is 18.9 Å². The predicted octanol–water partition coefficient (Wildman–Crippen LogP) is 2.51. The van der Waals surface area contributed by atoms with Crippen LogP contribution in [0.5, 0.6) is 0 Å². The molecule has 0 spiro atoms. The Bertz CT molecular complexity index is 953. The van der Waals surface area contributed by atoms with Gasteiger partial charge in [-0.15, -0.1) is 0 Å². The van der Waals surface area contributed by atoms with Crippen LogP contribution in [0.3, 0.4) is 0 Å². The highest BCUT2D eigenvalue weighted by atomic mass is 19.4. The van der Waals surface area contributed by atoms with Gasteiger partial charge in [0.25, 0.3) is 5.91 Å². The first-order chi connectivity index (χ1) is 14.7. The molecule has 1 saturated heterocycles. The van der Waals surface area contributed by atoms with E-state index in [0.29, 0.717) is 18.8 Å². The molecular formula is C21H23F3N4O3. The summed E-state index contributed by atoms with van der Waals surface area (Å²) in [6, 6.07) is 3.11. The van der Waals surface area contributed by atoms with Crippen LogP contribution in [0.15, 0.2) is 35.5 Å². The molecule has 0 aromatic heterocycles. The standard InChI is InChI=1S/C21H23F3N4O3/c1-2-28-15-11-27(12-16(29)26-9-5-6-10-26)19(30)17(15)18(25-20(28)31)13-7-3-4-8-14(13)21(22,23)24/h3-4,7-8,18H,2,5-6,9-12H2,1H3,(H,25,31)/t18-/m1/s1. The van der Waals surface area contributed by atoms with Crippen LogP contribution >= 0.6 is 0 Å². The molecule has 3 heterocycles. The Labute approximate surface area is 177 Å². The lowest BCUT2D eigenvalue weighted by molar-refractivity contribution is -0.138. The monoisotopic (exact) mass is 436 g/mol. The minimum Gasteiger partial charge on any atom is -0.341 e. The van der Waals surface area contributed by atoms with Crippen molar-refractivity contribution in [1.29, 1.82) is 0 Å². The van der Waals surface area contributed by atoms with E-state index >= 15 is 0 Å². The molecule has 0 saturated carbocycles. The molecule has 1 atom stereocenters. The number of nitrogens with one attached hydrogen (secondary N) is 1. The second-order valence-electron chi connectivity index (χ2n) is 7.82. The van der Waals surface area contributed by atoms with Crippen LogP contribution in [0.1, 0.15) is 36.9 Å². The molecule has 4 amide bonds. The van der Waals surface area contributed by atoms with Gasteiger partial charge in [0.15, 0.2) is 0 Å². The number of nitrogens with zero attached hydrogens (tertiary/aromatic N) is 3. The summed E-state index contributed by atoms with van der Waals surface area (Å²) >= 11 is 0. The molecule has 166 valence electrons. The summed E-state index contributed by atoms with van der Waals surface area (Å²) in [5, 5.41) is 2.56. The second-order valence-corrected chi connectivity index (χ2v) is 7.82. The lowest BCUT2D eigenvalue weighted by atomic mass is 9.91. The number of carbonyl (C=O) groups excluding carboxylic acids is 3. The van der Waals surface area contributed by atoms with Crippen LogP contribution in [0.2, 0.25) is 0 Å². The van der Waals surface area contributed by atoms with Gasteiger partial charge in [-0.1, -0.05) is 18.2 Å². The summed E-state index contributed by atoms with van der Waals surface area (Å²) < 4.78 is 40.9. The maximum absolute atomic E-state index is 13.6. The number of rotatable bonds is 4. The highest BCUT2D eigenvalue weighted by Gasteiger charge is 2.46. The Morgan fingerprint density at radius 3 is 2.48 bits per heavy atom. The maximum atomic E-state index is 13.6. The van der Waals surface area contributed by atoms with Crippen LogP contribution < -0.4 is 5.32 Å². The van der Waals surface area contributed by atoms with Crippen LogP contribution in [0, 0.1) is 0 Å². The molecule has 1 N–H and O–H groups in total. The first-order valence-corrected chi connectivity index (χ1v) is 10.3. The van der Waals surface area contributed by atoms with Gasteiger partial charge in [-0.05, 0) is 31.4 Å². The molecule has 4 rings (SSSR count).